The smallest absolute Gasteiger partial charge is 0.317 e. The first-order chi connectivity index (χ1) is 11.4. The van der Waals surface area contributed by atoms with Gasteiger partial charge in [-0.3, -0.25) is 0 Å². The van der Waals surface area contributed by atoms with Crippen molar-refractivity contribution in [2.24, 2.45) is 5.92 Å². The largest absolute Gasteiger partial charge is 0.361 e. The average molecular weight is 349 g/mol. The molecule has 1 fully saturated rings. The maximum atomic E-state index is 12.3. The van der Waals surface area contributed by atoms with Crippen molar-refractivity contribution >= 4 is 26.8 Å². The van der Waals surface area contributed by atoms with Crippen LogP contribution in [0.4, 0.5) is 4.79 Å². The number of urea groups is 1. The van der Waals surface area contributed by atoms with Crippen molar-refractivity contribution in [3.63, 3.8) is 0 Å². The maximum Gasteiger partial charge on any atom is 0.317 e. The zero-order valence-electron chi connectivity index (χ0n) is 13.8. The Kier molecular flexibility index (Phi) is 4.80. The molecule has 1 aliphatic heterocycles. The van der Waals surface area contributed by atoms with E-state index in [4.69, 9.17) is 0 Å². The number of benzene rings is 1. The van der Waals surface area contributed by atoms with Crippen LogP contribution in [-0.2, 0) is 16.3 Å². The van der Waals surface area contributed by atoms with E-state index in [1.54, 1.807) is 4.90 Å². The van der Waals surface area contributed by atoms with Crippen LogP contribution in [0.2, 0.25) is 0 Å². The summed E-state index contributed by atoms with van der Waals surface area (Å²) in [6.07, 6.45) is 2.70. The Morgan fingerprint density at radius 1 is 1.38 bits per heavy atom. The zero-order valence-corrected chi connectivity index (χ0v) is 14.6. The van der Waals surface area contributed by atoms with Gasteiger partial charge in [-0.1, -0.05) is 25.1 Å². The molecule has 2 N–H and O–H groups in total. The van der Waals surface area contributed by atoms with Gasteiger partial charge in [0.05, 0.1) is 11.5 Å². The Labute approximate surface area is 142 Å². The zero-order chi connectivity index (χ0) is 17.2. The molecule has 6 nitrogen and oxygen atoms in total. The Bertz CT molecular complexity index is 828. The Morgan fingerprint density at radius 2 is 2.17 bits per heavy atom. The highest BCUT2D eigenvalue weighted by molar-refractivity contribution is 7.91. The molecule has 24 heavy (non-hydrogen) atoms. The van der Waals surface area contributed by atoms with Crippen molar-refractivity contribution in [3.05, 3.63) is 36.0 Å². The molecule has 130 valence electrons. The van der Waals surface area contributed by atoms with Gasteiger partial charge < -0.3 is 15.2 Å². The van der Waals surface area contributed by atoms with Crippen molar-refractivity contribution in [1.29, 1.82) is 0 Å². The fourth-order valence-electron chi connectivity index (χ4n) is 3.23. The fraction of sp³-hybridized carbons (Fsp3) is 0.471. The number of para-hydroxylation sites is 1. The number of nitrogens with one attached hydrogen (secondary N) is 2. The molecular weight excluding hydrogens is 326 g/mol. The van der Waals surface area contributed by atoms with Crippen LogP contribution < -0.4 is 5.32 Å². The van der Waals surface area contributed by atoms with E-state index < -0.39 is 9.84 Å². The third-order valence-corrected chi connectivity index (χ3v) is 6.26. The van der Waals surface area contributed by atoms with Crippen molar-refractivity contribution < 1.29 is 13.2 Å². The quantitative estimate of drug-likeness (QED) is 0.886. The summed E-state index contributed by atoms with van der Waals surface area (Å²) in [6, 6.07) is 7.88. The van der Waals surface area contributed by atoms with Gasteiger partial charge in [0, 0.05) is 36.7 Å². The number of nitrogens with zero attached hydrogens (tertiary/aromatic N) is 1. The normalized spacial score (nSPS) is 20.7. The van der Waals surface area contributed by atoms with E-state index in [1.165, 1.54) is 5.39 Å². The second-order valence-electron chi connectivity index (χ2n) is 6.51. The highest BCUT2D eigenvalue weighted by Gasteiger charge is 2.26. The summed E-state index contributed by atoms with van der Waals surface area (Å²) in [7, 11) is -3.04. The molecule has 2 heterocycles. The van der Waals surface area contributed by atoms with E-state index in [-0.39, 0.29) is 30.0 Å². The molecule has 0 bridgehead atoms. The minimum Gasteiger partial charge on any atom is -0.361 e. The van der Waals surface area contributed by atoms with Crippen LogP contribution in [0.3, 0.4) is 0 Å². The number of fused-ring (bicyclic) bond motifs is 1. The highest BCUT2D eigenvalue weighted by atomic mass is 32.2. The molecule has 2 amide bonds. The lowest BCUT2D eigenvalue weighted by Gasteiger charge is -2.22. The summed E-state index contributed by atoms with van der Waals surface area (Å²) in [5.41, 5.74) is 2.25. The SMILES string of the molecule is C[C@@H]1CN(C(=O)NCCc2c[nH]c3ccccc23)CCS(=O)(=O)C1. The lowest BCUT2D eigenvalue weighted by Crippen LogP contribution is -2.43. The summed E-state index contributed by atoms with van der Waals surface area (Å²) in [5.74, 6) is 0.177. The summed E-state index contributed by atoms with van der Waals surface area (Å²) in [5, 5.41) is 4.08. The first kappa shape index (κ1) is 16.8. The molecule has 0 aliphatic carbocycles. The predicted molar refractivity (Wildman–Crippen MR) is 94.8 cm³/mol. The fourth-order valence-corrected chi connectivity index (χ4v) is 4.86. The molecule has 0 saturated carbocycles. The Balaban J connectivity index is 1.55. The van der Waals surface area contributed by atoms with Gasteiger partial charge >= 0.3 is 6.03 Å². The molecule has 7 heteroatoms. The van der Waals surface area contributed by atoms with E-state index in [1.807, 2.05) is 31.3 Å². The third kappa shape index (κ3) is 3.90. The number of hydrogen-bond donors (Lipinski definition) is 2. The lowest BCUT2D eigenvalue weighted by molar-refractivity contribution is 0.196. The number of hydrogen-bond acceptors (Lipinski definition) is 3. The molecule has 0 spiro atoms. The van der Waals surface area contributed by atoms with Gasteiger partial charge in [-0.25, -0.2) is 13.2 Å². The number of carbonyl (C=O) groups excluding carboxylic acids is 1. The molecule has 2 aromatic rings. The van der Waals surface area contributed by atoms with E-state index in [2.05, 4.69) is 16.4 Å². The number of carbonyl (C=O) groups is 1. The first-order valence-corrected chi connectivity index (χ1v) is 10.0. The lowest BCUT2D eigenvalue weighted by atomic mass is 10.1. The summed E-state index contributed by atoms with van der Waals surface area (Å²) in [6.45, 7) is 3.15. The maximum absolute atomic E-state index is 12.3. The second kappa shape index (κ2) is 6.84. The van der Waals surface area contributed by atoms with Crippen LogP contribution in [0.15, 0.2) is 30.5 Å². The molecule has 1 saturated heterocycles. The standard InChI is InChI=1S/C17H23N3O3S/c1-13-11-20(8-9-24(22,23)12-13)17(21)18-7-6-14-10-19-16-5-3-2-4-15(14)16/h2-5,10,13,19H,6-9,11-12H2,1H3,(H,18,21)/t13-/m1/s1. The van der Waals surface area contributed by atoms with Gasteiger partial charge in [0.15, 0.2) is 9.84 Å². The number of sulfone groups is 1. The van der Waals surface area contributed by atoms with E-state index >= 15 is 0 Å². The van der Waals surface area contributed by atoms with E-state index in [0.29, 0.717) is 13.1 Å². The first-order valence-electron chi connectivity index (χ1n) is 8.23. The minimum absolute atomic E-state index is 0.0307. The van der Waals surface area contributed by atoms with Crippen molar-refractivity contribution in [2.75, 3.05) is 31.1 Å². The molecule has 1 aromatic heterocycles. The molecule has 0 radical (unpaired) electrons. The van der Waals surface area contributed by atoms with Crippen LogP contribution in [0.5, 0.6) is 0 Å². The number of rotatable bonds is 3. The molecule has 1 aliphatic rings. The summed E-state index contributed by atoms with van der Waals surface area (Å²) >= 11 is 0. The Morgan fingerprint density at radius 3 is 3.00 bits per heavy atom. The van der Waals surface area contributed by atoms with Gasteiger partial charge in [-0.15, -0.1) is 0 Å². The average Bonchev–Trinajstić information content (AvgIpc) is 2.87. The number of amides is 2. The molecule has 1 aromatic carbocycles. The van der Waals surface area contributed by atoms with Gasteiger partial charge in [0.25, 0.3) is 0 Å². The van der Waals surface area contributed by atoms with Crippen molar-refractivity contribution in [3.8, 4) is 0 Å². The minimum atomic E-state index is -3.04. The monoisotopic (exact) mass is 349 g/mol. The van der Waals surface area contributed by atoms with Gasteiger partial charge in [0.1, 0.15) is 0 Å². The van der Waals surface area contributed by atoms with Crippen molar-refractivity contribution in [2.45, 2.75) is 13.3 Å². The van der Waals surface area contributed by atoms with Gasteiger partial charge in [-0.05, 0) is 24.0 Å². The summed E-state index contributed by atoms with van der Waals surface area (Å²) in [4.78, 5) is 17.2. The molecule has 3 rings (SSSR count). The Hall–Kier alpha value is -2.02. The van der Waals surface area contributed by atoms with Crippen LogP contribution in [0, 0.1) is 5.92 Å². The number of aromatic nitrogens is 1. The van der Waals surface area contributed by atoms with Crippen LogP contribution in [0.1, 0.15) is 12.5 Å². The highest BCUT2D eigenvalue weighted by Crippen LogP contribution is 2.17. The van der Waals surface area contributed by atoms with E-state index in [9.17, 15) is 13.2 Å². The van der Waals surface area contributed by atoms with Crippen LogP contribution in [-0.4, -0.2) is 55.5 Å². The number of H-pyrrole nitrogens is 1. The third-order valence-electron chi connectivity index (χ3n) is 4.38. The van der Waals surface area contributed by atoms with Gasteiger partial charge in [-0.2, -0.15) is 0 Å². The van der Waals surface area contributed by atoms with Crippen LogP contribution in [0.25, 0.3) is 10.9 Å². The predicted octanol–water partition coefficient (Wildman–Crippen LogP) is 1.79. The van der Waals surface area contributed by atoms with E-state index in [0.717, 1.165) is 17.5 Å². The molecule has 1 atom stereocenters. The molecule has 0 unspecified atom stereocenters. The van der Waals surface area contributed by atoms with Crippen LogP contribution >= 0.6 is 0 Å². The summed E-state index contributed by atoms with van der Waals surface area (Å²) < 4.78 is 23.6. The van der Waals surface area contributed by atoms with Gasteiger partial charge in [0.2, 0.25) is 0 Å². The number of aromatic amines is 1. The van der Waals surface area contributed by atoms with Crippen molar-refractivity contribution in [1.82, 2.24) is 15.2 Å². The second-order valence-corrected chi connectivity index (χ2v) is 8.74. The molecular formula is C17H23N3O3S. The topological polar surface area (TPSA) is 82.3 Å².